The van der Waals surface area contributed by atoms with Gasteiger partial charge in [0, 0.05) is 29.3 Å². The molecule has 6 heteroatoms. The van der Waals surface area contributed by atoms with Crippen molar-refractivity contribution in [3.63, 3.8) is 0 Å². The van der Waals surface area contributed by atoms with Crippen LogP contribution < -0.4 is 5.32 Å². The normalized spacial score (nSPS) is 17.0. The molecule has 2 fully saturated rings. The summed E-state index contributed by atoms with van der Waals surface area (Å²) in [5, 5.41) is 2.72. The molecule has 126 valence electrons. The average molecular weight is 329 g/mol. The van der Waals surface area contributed by atoms with Gasteiger partial charge in [0.1, 0.15) is 5.82 Å². The molecule has 0 unspecified atom stereocenters. The Morgan fingerprint density at radius 1 is 1.33 bits per heavy atom. The van der Waals surface area contributed by atoms with Crippen molar-refractivity contribution in [3.8, 4) is 0 Å². The van der Waals surface area contributed by atoms with E-state index in [9.17, 15) is 9.18 Å². The van der Waals surface area contributed by atoms with Crippen LogP contribution in [0.5, 0.6) is 0 Å². The standard InChI is InChI=1S/C18H20FN3O2/c19-15-6-5-13(7-14(15)10-24-9-11-1-2-11)17(23)22-18-20-8-16(21-18)12-3-4-12/h5-8,11-12H,1-4,9-10H2,(H2,20,21,22,23). The number of carbonyl (C=O) groups is 1. The lowest BCUT2D eigenvalue weighted by Crippen LogP contribution is -2.14. The number of aromatic amines is 1. The highest BCUT2D eigenvalue weighted by Gasteiger charge is 2.25. The van der Waals surface area contributed by atoms with Crippen LogP contribution in [0.3, 0.4) is 0 Å². The molecule has 1 aromatic carbocycles. The minimum atomic E-state index is -0.351. The number of H-pyrrole nitrogens is 1. The van der Waals surface area contributed by atoms with Crippen molar-refractivity contribution in [3.05, 3.63) is 47.0 Å². The molecular weight excluding hydrogens is 309 g/mol. The smallest absolute Gasteiger partial charge is 0.257 e. The number of hydrogen-bond acceptors (Lipinski definition) is 3. The number of rotatable bonds is 7. The van der Waals surface area contributed by atoms with Gasteiger partial charge in [0.2, 0.25) is 5.95 Å². The largest absolute Gasteiger partial charge is 0.376 e. The number of hydrogen-bond donors (Lipinski definition) is 2. The van der Waals surface area contributed by atoms with Gasteiger partial charge < -0.3 is 9.72 Å². The first kappa shape index (κ1) is 15.3. The van der Waals surface area contributed by atoms with Gasteiger partial charge in [0.25, 0.3) is 5.91 Å². The second kappa shape index (κ2) is 6.36. The summed E-state index contributed by atoms with van der Waals surface area (Å²) in [6.07, 6.45) is 6.47. The van der Waals surface area contributed by atoms with Gasteiger partial charge in [0.05, 0.1) is 12.8 Å². The molecule has 0 saturated heterocycles. The molecule has 1 aromatic heterocycles. The number of halogens is 1. The van der Waals surface area contributed by atoms with E-state index in [0.717, 1.165) is 18.5 Å². The second-order valence-electron chi connectivity index (χ2n) is 6.68. The Kier molecular flexibility index (Phi) is 4.06. The van der Waals surface area contributed by atoms with Gasteiger partial charge in [-0.25, -0.2) is 9.37 Å². The number of imidazole rings is 1. The van der Waals surface area contributed by atoms with E-state index < -0.39 is 0 Å². The van der Waals surface area contributed by atoms with Gasteiger partial charge in [-0.3, -0.25) is 10.1 Å². The van der Waals surface area contributed by atoms with E-state index in [1.54, 1.807) is 12.3 Å². The molecule has 2 N–H and O–H groups in total. The van der Waals surface area contributed by atoms with Crippen molar-refractivity contribution < 1.29 is 13.9 Å². The molecule has 24 heavy (non-hydrogen) atoms. The third kappa shape index (κ3) is 3.64. The Labute approximate surface area is 139 Å². The van der Waals surface area contributed by atoms with Crippen molar-refractivity contribution in [2.45, 2.75) is 38.2 Å². The lowest BCUT2D eigenvalue weighted by atomic mass is 10.1. The van der Waals surface area contributed by atoms with Crippen LogP contribution in [0.15, 0.2) is 24.4 Å². The number of ether oxygens (including phenoxy) is 1. The molecule has 0 bridgehead atoms. The van der Waals surface area contributed by atoms with Gasteiger partial charge in [-0.2, -0.15) is 0 Å². The predicted octanol–water partition coefficient (Wildman–Crippen LogP) is 3.61. The van der Waals surface area contributed by atoms with E-state index in [-0.39, 0.29) is 18.3 Å². The van der Waals surface area contributed by atoms with Crippen molar-refractivity contribution >= 4 is 11.9 Å². The minimum Gasteiger partial charge on any atom is -0.376 e. The molecule has 4 rings (SSSR count). The molecule has 1 amide bonds. The van der Waals surface area contributed by atoms with Crippen LogP contribution in [-0.4, -0.2) is 22.5 Å². The Hall–Kier alpha value is -2.21. The number of carbonyl (C=O) groups excluding carboxylic acids is 1. The Morgan fingerprint density at radius 3 is 2.92 bits per heavy atom. The molecule has 2 saturated carbocycles. The van der Waals surface area contributed by atoms with Crippen LogP contribution in [0.25, 0.3) is 0 Å². The highest BCUT2D eigenvalue weighted by Crippen LogP contribution is 2.39. The van der Waals surface area contributed by atoms with Crippen LogP contribution in [0, 0.1) is 11.7 Å². The Morgan fingerprint density at radius 2 is 2.17 bits per heavy atom. The van der Waals surface area contributed by atoms with Gasteiger partial charge in [-0.1, -0.05) is 0 Å². The van der Waals surface area contributed by atoms with Crippen LogP contribution in [-0.2, 0) is 11.3 Å². The van der Waals surface area contributed by atoms with Gasteiger partial charge in [0.15, 0.2) is 0 Å². The number of benzene rings is 1. The maximum absolute atomic E-state index is 13.9. The zero-order chi connectivity index (χ0) is 16.5. The maximum Gasteiger partial charge on any atom is 0.257 e. The molecule has 2 aliphatic rings. The van der Waals surface area contributed by atoms with Crippen molar-refractivity contribution in [2.24, 2.45) is 5.92 Å². The summed E-state index contributed by atoms with van der Waals surface area (Å²) in [6, 6.07) is 4.32. The summed E-state index contributed by atoms with van der Waals surface area (Å²) in [7, 11) is 0. The first-order chi connectivity index (χ1) is 11.7. The van der Waals surface area contributed by atoms with Crippen molar-refractivity contribution in [1.29, 1.82) is 0 Å². The van der Waals surface area contributed by atoms with E-state index in [4.69, 9.17) is 4.74 Å². The van der Waals surface area contributed by atoms with E-state index in [0.29, 0.717) is 35.5 Å². The summed E-state index contributed by atoms with van der Waals surface area (Å²) < 4.78 is 19.4. The summed E-state index contributed by atoms with van der Waals surface area (Å²) in [6.45, 7) is 0.849. The Balaban J connectivity index is 1.40. The number of nitrogens with one attached hydrogen (secondary N) is 2. The van der Waals surface area contributed by atoms with E-state index in [1.165, 1.54) is 25.0 Å². The van der Waals surface area contributed by atoms with Gasteiger partial charge >= 0.3 is 0 Å². The van der Waals surface area contributed by atoms with Crippen molar-refractivity contribution in [2.75, 3.05) is 11.9 Å². The number of amides is 1. The van der Waals surface area contributed by atoms with Crippen LogP contribution in [0.2, 0.25) is 0 Å². The number of anilines is 1. The van der Waals surface area contributed by atoms with E-state index in [1.807, 2.05) is 0 Å². The summed E-state index contributed by atoms with van der Waals surface area (Å²) in [5.74, 6) is 0.938. The molecule has 1 heterocycles. The molecular formula is C18H20FN3O2. The van der Waals surface area contributed by atoms with E-state index in [2.05, 4.69) is 15.3 Å². The average Bonchev–Trinajstić information content (AvgIpc) is 3.50. The third-order valence-corrected chi connectivity index (χ3v) is 4.46. The summed E-state index contributed by atoms with van der Waals surface area (Å²) in [5.41, 5.74) is 1.85. The molecule has 0 radical (unpaired) electrons. The lowest BCUT2D eigenvalue weighted by Gasteiger charge is -2.08. The van der Waals surface area contributed by atoms with Crippen molar-refractivity contribution in [1.82, 2.24) is 9.97 Å². The van der Waals surface area contributed by atoms with Crippen LogP contribution in [0.4, 0.5) is 10.3 Å². The fourth-order valence-corrected chi connectivity index (χ4v) is 2.63. The predicted molar refractivity (Wildman–Crippen MR) is 87.3 cm³/mol. The van der Waals surface area contributed by atoms with Crippen LogP contribution >= 0.6 is 0 Å². The number of nitrogens with zero attached hydrogens (tertiary/aromatic N) is 1. The first-order valence-corrected chi connectivity index (χ1v) is 8.41. The Bertz CT molecular complexity index is 750. The van der Waals surface area contributed by atoms with Gasteiger partial charge in [-0.15, -0.1) is 0 Å². The number of aromatic nitrogens is 2. The third-order valence-electron chi connectivity index (χ3n) is 4.46. The van der Waals surface area contributed by atoms with Gasteiger partial charge in [-0.05, 0) is 49.8 Å². The SMILES string of the molecule is O=C(Nc1ncc(C2CC2)[nH]1)c1ccc(F)c(COCC2CC2)c1. The monoisotopic (exact) mass is 329 g/mol. The highest BCUT2D eigenvalue weighted by molar-refractivity contribution is 6.03. The molecule has 2 aliphatic carbocycles. The zero-order valence-electron chi connectivity index (χ0n) is 13.3. The maximum atomic E-state index is 13.9. The molecule has 5 nitrogen and oxygen atoms in total. The summed E-state index contributed by atoms with van der Waals surface area (Å²) in [4.78, 5) is 19.6. The zero-order valence-corrected chi connectivity index (χ0v) is 13.3. The summed E-state index contributed by atoms with van der Waals surface area (Å²) >= 11 is 0. The quantitative estimate of drug-likeness (QED) is 0.815. The topological polar surface area (TPSA) is 67.0 Å². The van der Waals surface area contributed by atoms with Crippen LogP contribution in [0.1, 0.15) is 53.2 Å². The lowest BCUT2D eigenvalue weighted by molar-refractivity contribution is 0.102. The minimum absolute atomic E-state index is 0.191. The second-order valence-corrected chi connectivity index (χ2v) is 6.68. The molecule has 2 aromatic rings. The first-order valence-electron chi connectivity index (χ1n) is 8.41. The fraction of sp³-hybridized carbons (Fsp3) is 0.444. The molecule has 0 atom stereocenters. The molecule has 0 aliphatic heterocycles. The molecule has 0 spiro atoms. The van der Waals surface area contributed by atoms with E-state index >= 15 is 0 Å². The fourth-order valence-electron chi connectivity index (χ4n) is 2.63. The highest BCUT2D eigenvalue weighted by atomic mass is 19.1.